The molecule has 0 fully saturated rings. The molecule has 2 aromatic carbocycles. The number of amides is 2. The number of nitrogens with one attached hydrogen (secondary N) is 2. The quantitative estimate of drug-likeness (QED) is 0.729. The Morgan fingerprint density at radius 3 is 2.50 bits per heavy atom. The highest BCUT2D eigenvalue weighted by Crippen LogP contribution is 2.26. The van der Waals surface area contributed by atoms with Gasteiger partial charge in [-0.3, -0.25) is 0 Å². The summed E-state index contributed by atoms with van der Waals surface area (Å²) in [6.07, 6.45) is -0.206. The van der Waals surface area contributed by atoms with E-state index < -0.39 is 0 Å². The van der Waals surface area contributed by atoms with Crippen LogP contribution in [0.2, 0.25) is 0 Å². The second kappa shape index (κ2) is 8.79. The monoisotopic (exact) mass is 330 g/mol. The van der Waals surface area contributed by atoms with Crippen LogP contribution in [0.15, 0.2) is 48.5 Å². The van der Waals surface area contributed by atoms with E-state index in [4.69, 9.17) is 9.47 Å². The Hall–Kier alpha value is -2.73. The van der Waals surface area contributed by atoms with Crippen molar-refractivity contribution >= 4 is 6.03 Å². The van der Waals surface area contributed by atoms with Crippen molar-refractivity contribution in [3.8, 4) is 11.5 Å². The maximum absolute atomic E-state index is 11.9. The summed E-state index contributed by atoms with van der Waals surface area (Å²) in [7, 11) is 3.09. The molecule has 3 N–H and O–H groups in total. The van der Waals surface area contributed by atoms with Crippen molar-refractivity contribution in [1.29, 1.82) is 0 Å². The van der Waals surface area contributed by atoms with Crippen molar-refractivity contribution in [2.24, 2.45) is 0 Å². The number of phenolic OH excluding ortho intramolecular Hbond substituents is 1. The summed E-state index contributed by atoms with van der Waals surface area (Å²) in [5.74, 6) is 0.440. The van der Waals surface area contributed by atoms with E-state index >= 15 is 0 Å². The molecular formula is C18H22N2O4. The fourth-order valence-electron chi connectivity index (χ4n) is 2.28. The highest BCUT2D eigenvalue weighted by molar-refractivity contribution is 5.73. The van der Waals surface area contributed by atoms with Gasteiger partial charge in [0.15, 0.2) is 11.5 Å². The average molecular weight is 330 g/mol. The van der Waals surface area contributed by atoms with Gasteiger partial charge in [0.2, 0.25) is 0 Å². The van der Waals surface area contributed by atoms with E-state index in [0.717, 1.165) is 11.1 Å². The summed E-state index contributed by atoms with van der Waals surface area (Å²) >= 11 is 0. The van der Waals surface area contributed by atoms with Crippen molar-refractivity contribution in [3.63, 3.8) is 0 Å². The van der Waals surface area contributed by atoms with Gasteiger partial charge in [0.25, 0.3) is 0 Å². The Bertz CT molecular complexity index is 661. The molecule has 0 aromatic heterocycles. The van der Waals surface area contributed by atoms with Crippen LogP contribution in [-0.2, 0) is 11.3 Å². The molecule has 0 bridgehead atoms. The van der Waals surface area contributed by atoms with Crippen molar-refractivity contribution < 1.29 is 19.4 Å². The maximum Gasteiger partial charge on any atom is 0.315 e. The Kier molecular flexibility index (Phi) is 6.45. The molecule has 128 valence electrons. The number of rotatable bonds is 7. The van der Waals surface area contributed by atoms with Crippen molar-refractivity contribution in [1.82, 2.24) is 10.6 Å². The van der Waals surface area contributed by atoms with E-state index in [1.165, 1.54) is 7.11 Å². The number of phenols is 1. The van der Waals surface area contributed by atoms with Crippen LogP contribution in [0.3, 0.4) is 0 Å². The van der Waals surface area contributed by atoms with Gasteiger partial charge in [0.1, 0.15) is 0 Å². The summed E-state index contributed by atoms with van der Waals surface area (Å²) in [5.41, 5.74) is 1.77. The van der Waals surface area contributed by atoms with Gasteiger partial charge in [0, 0.05) is 20.2 Å². The van der Waals surface area contributed by atoms with Gasteiger partial charge >= 0.3 is 6.03 Å². The summed E-state index contributed by atoms with van der Waals surface area (Å²) in [4.78, 5) is 11.9. The Morgan fingerprint density at radius 1 is 1.12 bits per heavy atom. The normalized spacial score (nSPS) is 11.6. The first-order valence-electron chi connectivity index (χ1n) is 7.59. The molecule has 1 atom stereocenters. The molecule has 0 aliphatic carbocycles. The zero-order chi connectivity index (χ0) is 17.4. The second-order valence-corrected chi connectivity index (χ2v) is 5.20. The van der Waals surface area contributed by atoms with Gasteiger partial charge in [0.05, 0.1) is 13.2 Å². The number of hydrogen-bond acceptors (Lipinski definition) is 4. The smallest absolute Gasteiger partial charge is 0.315 e. The fraction of sp³-hybridized carbons (Fsp3) is 0.278. The lowest BCUT2D eigenvalue weighted by atomic mass is 10.1. The Balaban J connectivity index is 1.82. The molecule has 2 amide bonds. The van der Waals surface area contributed by atoms with Gasteiger partial charge in [-0.1, -0.05) is 36.4 Å². The molecule has 0 saturated carbocycles. The van der Waals surface area contributed by atoms with Gasteiger partial charge < -0.3 is 25.2 Å². The first kappa shape index (κ1) is 17.6. The van der Waals surface area contributed by atoms with Crippen LogP contribution < -0.4 is 15.4 Å². The van der Waals surface area contributed by atoms with Crippen LogP contribution in [0, 0.1) is 0 Å². The van der Waals surface area contributed by atoms with Gasteiger partial charge in [-0.25, -0.2) is 4.79 Å². The third kappa shape index (κ3) is 4.89. The third-order valence-electron chi connectivity index (χ3n) is 3.60. The molecule has 6 heteroatoms. The van der Waals surface area contributed by atoms with Gasteiger partial charge in [-0.05, 0) is 23.3 Å². The van der Waals surface area contributed by atoms with E-state index in [2.05, 4.69) is 10.6 Å². The summed E-state index contributed by atoms with van der Waals surface area (Å²) in [6.45, 7) is 0.659. The minimum atomic E-state index is -0.303. The topological polar surface area (TPSA) is 79.8 Å². The van der Waals surface area contributed by atoms with Crippen LogP contribution in [-0.4, -0.2) is 31.9 Å². The zero-order valence-electron chi connectivity index (χ0n) is 13.8. The highest BCUT2D eigenvalue weighted by Gasteiger charge is 2.11. The minimum Gasteiger partial charge on any atom is -0.504 e. The van der Waals surface area contributed by atoms with E-state index in [-0.39, 0.29) is 17.9 Å². The molecule has 0 spiro atoms. The molecule has 1 unspecified atom stereocenters. The average Bonchev–Trinajstić information content (AvgIpc) is 2.61. The standard InChI is InChI=1S/C18H22N2O4/c1-23-16-9-8-13(10-15(16)21)11-19-18(22)20-12-17(24-2)14-6-4-3-5-7-14/h3-10,17,21H,11-12H2,1-2H3,(H2,19,20,22). The summed E-state index contributed by atoms with van der Waals surface area (Å²) in [5, 5.41) is 15.2. The lowest BCUT2D eigenvalue weighted by Crippen LogP contribution is -2.37. The molecule has 0 radical (unpaired) electrons. The van der Waals surface area contributed by atoms with Crippen LogP contribution in [0.5, 0.6) is 11.5 Å². The zero-order valence-corrected chi connectivity index (χ0v) is 13.8. The molecule has 6 nitrogen and oxygen atoms in total. The van der Waals surface area contributed by atoms with Crippen LogP contribution in [0.25, 0.3) is 0 Å². The summed E-state index contributed by atoms with van der Waals surface area (Å²) in [6, 6.07) is 14.4. The molecule has 2 rings (SSSR count). The molecule has 2 aromatic rings. The predicted molar refractivity (Wildman–Crippen MR) is 91.1 cm³/mol. The summed E-state index contributed by atoms with van der Waals surface area (Å²) < 4.78 is 10.4. The number of urea groups is 1. The van der Waals surface area contributed by atoms with E-state index in [1.54, 1.807) is 25.3 Å². The van der Waals surface area contributed by atoms with Gasteiger partial charge in [-0.2, -0.15) is 0 Å². The first-order chi connectivity index (χ1) is 11.6. The number of benzene rings is 2. The molecule has 24 heavy (non-hydrogen) atoms. The van der Waals surface area contributed by atoms with Crippen LogP contribution >= 0.6 is 0 Å². The molecule has 0 aliphatic rings. The molecular weight excluding hydrogens is 308 g/mol. The lowest BCUT2D eigenvalue weighted by molar-refractivity contribution is 0.104. The van der Waals surface area contributed by atoms with Crippen LogP contribution in [0.1, 0.15) is 17.2 Å². The maximum atomic E-state index is 11.9. The van der Waals surface area contributed by atoms with Crippen molar-refractivity contribution in [3.05, 3.63) is 59.7 Å². The number of methoxy groups -OCH3 is 2. The Morgan fingerprint density at radius 2 is 1.88 bits per heavy atom. The SMILES string of the molecule is COc1ccc(CNC(=O)NCC(OC)c2ccccc2)cc1O. The van der Waals surface area contributed by atoms with E-state index in [9.17, 15) is 9.90 Å². The van der Waals surface area contributed by atoms with Crippen molar-refractivity contribution in [2.45, 2.75) is 12.6 Å². The second-order valence-electron chi connectivity index (χ2n) is 5.20. The number of ether oxygens (including phenoxy) is 2. The van der Waals surface area contributed by atoms with Gasteiger partial charge in [-0.15, -0.1) is 0 Å². The minimum absolute atomic E-state index is 0.0423. The van der Waals surface area contributed by atoms with Crippen molar-refractivity contribution in [2.75, 3.05) is 20.8 Å². The molecule has 0 heterocycles. The largest absolute Gasteiger partial charge is 0.504 e. The number of carbonyl (C=O) groups is 1. The highest BCUT2D eigenvalue weighted by atomic mass is 16.5. The van der Waals surface area contributed by atoms with Crippen LogP contribution in [0.4, 0.5) is 4.79 Å². The molecule has 0 aliphatic heterocycles. The van der Waals surface area contributed by atoms with E-state index in [0.29, 0.717) is 18.8 Å². The van der Waals surface area contributed by atoms with E-state index in [1.807, 2.05) is 30.3 Å². The first-order valence-corrected chi connectivity index (χ1v) is 7.59. The molecule has 0 saturated heterocycles. The number of aromatic hydroxyl groups is 1. The lowest BCUT2D eigenvalue weighted by Gasteiger charge is -2.17. The fourth-order valence-corrected chi connectivity index (χ4v) is 2.28. The third-order valence-corrected chi connectivity index (χ3v) is 3.60. The number of hydrogen-bond donors (Lipinski definition) is 3. The number of carbonyl (C=O) groups excluding carboxylic acids is 1. The predicted octanol–water partition coefficient (Wildman–Crippen LogP) is 2.59. The Labute approximate surface area is 141 Å².